The third kappa shape index (κ3) is 2.88. The van der Waals surface area contributed by atoms with Crippen LogP contribution in [-0.4, -0.2) is 50.3 Å². The van der Waals surface area contributed by atoms with Crippen molar-refractivity contribution in [1.82, 2.24) is 4.90 Å². The molecule has 20 heavy (non-hydrogen) atoms. The van der Waals surface area contributed by atoms with Crippen molar-refractivity contribution in [2.45, 2.75) is 26.0 Å². The molecule has 5 heteroatoms. The molecule has 0 saturated carbocycles. The molecule has 110 valence electrons. The first-order valence-electron chi connectivity index (χ1n) is 6.71. The van der Waals surface area contributed by atoms with Crippen LogP contribution in [0, 0.1) is 0 Å². The summed E-state index contributed by atoms with van der Waals surface area (Å²) in [4.78, 5) is 14.6. The van der Waals surface area contributed by atoms with Gasteiger partial charge in [-0.1, -0.05) is 0 Å². The fourth-order valence-corrected chi connectivity index (χ4v) is 2.32. The van der Waals surface area contributed by atoms with E-state index in [1.807, 2.05) is 18.7 Å². The topological polar surface area (TPSA) is 48.0 Å². The average molecular weight is 279 g/mol. The number of nitrogens with zero attached hydrogens (tertiary/aromatic N) is 1. The van der Waals surface area contributed by atoms with Crippen molar-refractivity contribution in [1.29, 1.82) is 0 Å². The van der Waals surface area contributed by atoms with Gasteiger partial charge in [-0.15, -0.1) is 0 Å². The van der Waals surface area contributed by atoms with E-state index in [0.29, 0.717) is 30.2 Å². The largest absolute Gasteiger partial charge is 0.497 e. The normalized spacial score (nSPS) is 22.5. The van der Waals surface area contributed by atoms with Gasteiger partial charge in [-0.05, 0) is 32.0 Å². The van der Waals surface area contributed by atoms with E-state index < -0.39 is 0 Å². The van der Waals surface area contributed by atoms with Crippen LogP contribution in [0.3, 0.4) is 0 Å². The molecule has 0 aliphatic carbocycles. The number of hydrogen-bond acceptors (Lipinski definition) is 4. The molecule has 1 aromatic carbocycles. The summed E-state index contributed by atoms with van der Waals surface area (Å²) in [6.07, 6.45) is 0.0479. The number of carbonyl (C=O) groups excluding carboxylic acids is 1. The predicted molar refractivity (Wildman–Crippen MR) is 75.5 cm³/mol. The van der Waals surface area contributed by atoms with Gasteiger partial charge in [0, 0.05) is 6.54 Å². The lowest BCUT2D eigenvalue weighted by Crippen LogP contribution is -2.50. The molecule has 0 spiro atoms. The molecule has 5 nitrogen and oxygen atoms in total. The Morgan fingerprint density at radius 3 is 2.70 bits per heavy atom. The van der Waals surface area contributed by atoms with Gasteiger partial charge in [0.05, 0.1) is 38.5 Å². The highest BCUT2D eigenvalue weighted by Crippen LogP contribution is 2.27. The first kappa shape index (κ1) is 14.7. The SMILES string of the molecule is COc1ccc(OC)c(C(=O)N2CC(C)OCC2C)c1. The standard InChI is InChI=1S/C15H21NO4/c1-10-9-20-11(2)8-16(10)15(17)13-7-12(18-3)5-6-14(13)19-4/h5-7,10-11H,8-9H2,1-4H3. The second-order valence-electron chi connectivity index (χ2n) is 5.02. The van der Waals surface area contributed by atoms with Crippen molar-refractivity contribution in [3.8, 4) is 11.5 Å². The monoisotopic (exact) mass is 279 g/mol. The van der Waals surface area contributed by atoms with Gasteiger partial charge in [0.2, 0.25) is 0 Å². The van der Waals surface area contributed by atoms with Gasteiger partial charge >= 0.3 is 0 Å². The van der Waals surface area contributed by atoms with Crippen LogP contribution < -0.4 is 9.47 Å². The first-order chi connectivity index (χ1) is 9.56. The molecule has 1 aromatic rings. The smallest absolute Gasteiger partial charge is 0.258 e. The number of morpholine rings is 1. The van der Waals surface area contributed by atoms with Crippen molar-refractivity contribution < 1.29 is 19.0 Å². The Kier molecular flexibility index (Phi) is 4.49. The molecule has 0 radical (unpaired) electrons. The van der Waals surface area contributed by atoms with E-state index in [-0.39, 0.29) is 18.1 Å². The van der Waals surface area contributed by atoms with Crippen LogP contribution >= 0.6 is 0 Å². The predicted octanol–water partition coefficient (Wildman–Crippen LogP) is 1.95. The lowest BCUT2D eigenvalue weighted by Gasteiger charge is -2.37. The molecule has 1 heterocycles. The van der Waals surface area contributed by atoms with Crippen molar-refractivity contribution >= 4 is 5.91 Å². The number of hydrogen-bond donors (Lipinski definition) is 0. The van der Waals surface area contributed by atoms with Gasteiger partial charge in [-0.2, -0.15) is 0 Å². The highest BCUT2D eigenvalue weighted by Gasteiger charge is 2.30. The zero-order valence-electron chi connectivity index (χ0n) is 12.4. The maximum Gasteiger partial charge on any atom is 0.258 e. The molecule has 1 saturated heterocycles. The number of amides is 1. The minimum Gasteiger partial charge on any atom is -0.497 e. The van der Waals surface area contributed by atoms with Gasteiger partial charge in [-0.3, -0.25) is 4.79 Å². The zero-order chi connectivity index (χ0) is 14.7. The van der Waals surface area contributed by atoms with E-state index in [2.05, 4.69) is 0 Å². The van der Waals surface area contributed by atoms with Crippen LogP contribution in [-0.2, 0) is 4.74 Å². The van der Waals surface area contributed by atoms with Crippen molar-refractivity contribution in [3.63, 3.8) is 0 Å². The minimum absolute atomic E-state index is 0.0479. The lowest BCUT2D eigenvalue weighted by molar-refractivity contribution is -0.0388. The fraction of sp³-hybridized carbons (Fsp3) is 0.533. The summed E-state index contributed by atoms with van der Waals surface area (Å²) in [5.74, 6) is 1.15. The number of benzene rings is 1. The maximum absolute atomic E-state index is 12.7. The Morgan fingerprint density at radius 1 is 1.30 bits per heavy atom. The summed E-state index contributed by atoms with van der Waals surface area (Å²) in [5.41, 5.74) is 0.521. The van der Waals surface area contributed by atoms with E-state index in [0.717, 1.165) is 0 Å². The maximum atomic E-state index is 12.7. The number of carbonyl (C=O) groups is 1. The molecule has 1 aliphatic heterocycles. The van der Waals surface area contributed by atoms with Gasteiger partial charge in [0.25, 0.3) is 5.91 Å². The Bertz CT molecular complexity index is 489. The Balaban J connectivity index is 2.31. The molecule has 2 rings (SSSR count). The first-order valence-corrected chi connectivity index (χ1v) is 6.71. The third-order valence-electron chi connectivity index (χ3n) is 3.51. The van der Waals surface area contributed by atoms with Crippen LogP contribution in [0.2, 0.25) is 0 Å². The molecular weight excluding hydrogens is 258 g/mol. The number of ether oxygens (including phenoxy) is 3. The molecule has 1 fully saturated rings. The van der Waals surface area contributed by atoms with Crippen LogP contribution in [0.4, 0.5) is 0 Å². The molecular formula is C15H21NO4. The Labute approximate surface area is 119 Å². The Morgan fingerprint density at radius 2 is 2.05 bits per heavy atom. The fourth-order valence-electron chi connectivity index (χ4n) is 2.32. The van der Waals surface area contributed by atoms with Gasteiger partial charge in [-0.25, -0.2) is 0 Å². The summed E-state index contributed by atoms with van der Waals surface area (Å²) < 4.78 is 16.0. The highest BCUT2D eigenvalue weighted by molar-refractivity contribution is 5.97. The molecule has 2 atom stereocenters. The molecule has 0 bridgehead atoms. The molecule has 1 aliphatic rings. The second kappa shape index (κ2) is 6.13. The van der Waals surface area contributed by atoms with Crippen LogP contribution in [0.1, 0.15) is 24.2 Å². The van der Waals surface area contributed by atoms with E-state index in [4.69, 9.17) is 14.2 Å². The van der Waals surface area contributed by atoms with Gasteiger partial charge < -0.3 is 19.1 Å². The van der Waals surface area contributed by atoms with E-state index in [9.17, 15) is 4.79 Å². The van der Waals surface area contributed by atoms with E-state index >= 15 is 0 Å². The van der Waals surface area contributed by atoms with Crippen molar-refractivity contribution in [2.24, 2.45) is 0 Å². The zero-order valence-corrected chi connectivity index (χ0v) is 12.4. The van der Waals surface area contributed by atoms with E-state index in [1.165, 1.54) is 0 Å². The summed E-state index contributed by atoms with van der Waals surface area (Å²) in [6.45, 7) is 5.09. The van der Waals surface area contributed by atoms with Gasteiger partial charge in [0.15, 0.2) is 0 Å². The number of rotatable bonds is 3. The summed E-state index contributed by atoms with van der Waals surface area (Å²) in [6, 6.07) is 5.30. The summed E-state index contributed by atoms with van der Waals surface area (Å²) >= 11 is 0. The van der Waals surface area contributed by atoms with Crippen molar-refractivity contribution in [2.75, 3.05) is 27.4 Å². The molecule has 2 unspecified atom stereocenters. The molecule has 0 N–H and O–H groups in total. The molecule has 0 aromatic heterocycles. The van der Waals surface area contributed by atoms with Gasteiger partial charge in [0.1, 0.15) is 11.5 Å². The minimum atomic E-state index is -0.0524. The van der Waals surface area contributed by atoms with E-state index in [1.54, 1.807) is 32.4 Å². The highest BCUT2D eigenvalue weighted by atomic mass is 16.5. The second-order valence-corrected chi connectivity index (χ2v) is 5.02. The summed E-state index contributed by atoms with van der Waals surface area (Å²) in [5, 5.41) is 0. The average Bonchev–Trinajstić information content (AvgIpc) is 2.48. The van der Waals surface area contributed by atoms with Crippen molar-refractivity contribution in [3.05, 3.63) is 23.8 Å². The third-order valence-corrected chi connectivity index (χ3v) is 3.51. The lowest BCUT2D eigenvalue weighted by atomic mass is 10.1. The van der Waals surface area contributed by atoms with Crippen LogP contribution in [0.5, 0.6) is 11.5 Å². The quantitative estimate of drug-likeness (QED) is 0.848. The van der Waals surface area contributed by atoms with Crippen LogP contribution in [0.15, 0.2) is 18.2 Å². The van der Waals surface area contributed by atoms with Crippen LogP contribution in [0.25, 0.3) is 0 Å². The summed E-state index contributed by atoms with van der Waals surface area (Å²) in [7, 11) is 3.14. The Hall–Kier alpha value is -1.75. The molecule has 1 amide bonds. The number of methoxy groups -OCH3 is 2.